The molecule has 2 amide bonds. The van der Waals surface area contributed by atoms with Crippen LogP contribution in [-0.2, 0) is 14.3 Å². The van der Waals surface area contributed by atoms with E-state index < -0.39 is 18.0 Å². The van der Waals surface area contributed by atoms with E-state index in [1.54, 1.807) is 35.7 Å². The summed E-state index contributed by atoms with van der Waals surface area (Å²) in [5, 5.41) is 7.07. The van der Waals surface area contributed by atoms with Crippen LogP contribution in [0.25, 0.3) is 0 Å². The van der Waals surface area contributed by atoms with E-state index >= 15 is 0 Å². The van der Waals surface area contributed by atoms with E-state index in [9.17, 15) is 14.4 Å². The van der Waals surface area contributed by atoms with Crippen molar-refractivity contribution in [1.82, 2.24) is 5.32 Å². The summed E-state index contributed by atoms with van der Waals surface area (Å²) in [6.45, 7) is 1.60. The zero-order chi connectivity index (χ0) is 20.5. The average Bonchev–Trinajstić information content (AvgIpc) is 3.22. The average molecular weight is 406 g/mol. The highest BCUT2D eigenvalue weighted by Crippen LogP contribution is 2.29. The lowest BCUT2D eigenvalue weighted by Crippen LogP contribution is -2.31. The number of carbonyl (C=O) groups is 3. The molecule has 1 heterocycles. The molecule has 9 heteroatoms. The monoisotopic (exact) mass is 406 g/mol. The zero-order valence-electron chi connectivity index (χ0n) is 15.8. The topological polar surface area (TPSA) is 103 Å². The molecule has 0 aliphatic heterocycles. The lowest BCUT2D eigenvalue weighted by Gasteiger charge is -2.15. The molecule has 0 saturated carbocycles. The van der Waals surface area contributed by atoms with Crippen LogP contribution in [0.3, 0.4) is 0 Å². The van der Waals surface area contributed by atoms with E-state index in [-0.39, 0.29) is 18.9 Å². The number of ether oxygens (including phenoxy) is 3. The summed E-state index contributed by atoms with van der Waals surface area (Å²) in [7, 11) is 3.01. The zero-order valence-corrected chi connectivity index (χ0v) is 16.6. The maximum atomic E-state index is 12.2. The second-order valence-electron chi connectivity index (χ2n) is 5.67. The molecule has 1 unspecified atom stereocenters. The van der Waals surface area contributed by atoms with Crippen LogP contribution in [0.4, 0.5) is 5.69 Å². The standard InChI is InChI=1S/C19H22N2O6S/c1-12(18(23)21-13-6-7-14(25-2)15(11-13)26-3)27-17(22)8-9-20-19(24)16-5-4-10-28-16/h4-7,10-12H,8-9H2,1-3H3,(H,20,24)(H,21,23). The van der Waals surface area contributed by atoms with Crippen LogP contribution in [-0.4, -0.2) is 44.7 Å². The van der Waals surface area contributed by atoms with Crippen molar-refractivity contribution in [3.63, 3.8) is 0 Å². The summed E-state index contributed by atoms with van der Waals surface area (Å²) >= 11 is 1.31. The second kappa shape index (κ2) is 10.3. The third-order valence-corrected chi connectivity index (χ3v) is 4.56. The number of carbonyl (C=O) groups excluding carboxylic acids is 3. The van der Waals surface area contributed by atoms with Gasteiger partial charge in [0.05, 0.1) is 25.5 Å². The van der Waals surface area contributed by atoms with Crippen LogP contribution < -0.4 is 20.1 Å². The first-order valence-corrected chi connectivity index (χ1v) is 9.36. The third-order valence-electron chi connectivity index (χ3n) is 3.69. The lowest BCUT2D eigenvalue weighted by atomic mass is 10.2. The smallest absolute Gasteiger partial charge is 0.308 e. The summed E-state index contributed by atoms with van der Waals surface area (Å²) in [6.07, 6.45) is -1.03. The summed E-state index contributed by atoms with van der Waals surface area (Å²) < 4.78 is 15.4. The van der Waals surface area contributed by atoms with Gasteiger partial charge in [-0.3, -0.25) is 14.4 Å². The number of hydrogen-bond donors (Lipinski definition) is 2. The second-order valence-corrected chi connectivity index (χ2v) is 6.62. The molecule has 2 aromatic rings. The van der Waals surface area contributed by atoms with E-state index in [4.69, 9.17) is 14.2 Å². The van der Waals surface area contributed by atoms with Gasteiger partial charge < -0.3 is 24.8 Å². The molecule has 2 N–H and O–H groups in total. The number of esters is 1. The molecule has 0 spiro atoms. The Morgan fingerprint density at radius 3 is 2.50 bits per heavy atom. The first-order chi connectivity index (χ1) is 13.4. The Morgan fingerprint density at radius 2 is 1.86 bits per heavy atom. The molecule has 0 saturated heterocycles. The molecule has 150 valence electrons. The summed E-state index contributed by atoms with van der Waals surface area (Å²) in [5.74, 6) is -0.317. The van der Waals surface area contributed by atoms with Gasteiger partial charge in [-0.2, -0.15) is 0 Å². The molecule has 0 aliphatic rings. The van der Waals surface area contributed by atoms with Gasteiger partial charge in [-0.15, -0.1) is 11.3 Å². The normalized spacial score (nSPS) is 11.2. The number of amides is 2. The number of rotatable bonds is 9. The van der Waals surface area contributed by atoms with Crippen LogP contribution in [0, 0.1) is 0 Å². The van der Waals surface area contributed by atoms with Gasteiger partial charge in [0.25, 0.3) is 11.8 Å². The van der Waals surface area contributed by atoms with Crippen LogP contribution in [0.1, 0.15) is 23.0 Å². The molecule has 0 bridgehead atoms. The Balaban J connectivity index is 1.78. The van der Waals surface area contributed by atoms with Crippen molar-refractivity contribution in [2.24, 2.45) is 0 Å². The lowest BCUT2D eigenvalue weighted by molar-refractivity contribution is -0.153. The first-order valence-electron chi connectivity index (χ1n) is 8.48. The summed E-state index contributed by atoms with van der Waals surface area (Å²) in [5.41, 5.74) is 0.480. The quantitative estimate of drug-likeness (QED) is 0.620. The highest BCUT2D eigenvalue weighted by molar-refractivity contribution is 7.12. The van der Waals surface area contributed by atoms with Gasteiger partial charge in [-0.25, -0.2) is 0 Å². The molecule has 0 fully saturated rings. The molecule has 1 atom stereocenters. The van der Waals surface area contributed by atoms with E-state index in [0.717, 1.165) is 0 Å². The molecule has 28 heavy (non-hydrogen) atoms. The number of methoxy groups -OCH3 is 2. The van der Waals surface area contributed by atoms with Crippen LogP contribution in [0.2, 0.25) is 0 Å². The van der Waals surface area contributed by atoms with Gasteiger partial charge in [-0.1, -0.05) is 6.07 Å². The molecule has 8 nitrogen and oxygen atoms in total. The largest absolute Gasteiger partial charge is 0.493 e. The van der Waals surface area contributed by atoms with Crippen molar-refractivity contribution >= 4 is 34.8 Å². The minimum absolute atomic E-state index is 0.0366. The maximum Gasteiger partial charge on any atom is 0.308 e. The van der Waals surface area contributed by atoms with Gasteiger partial charge in [0.2, 0.25) is 0 Å². The molecule has 0 aliphatic carbocycles. The highest BCUT2D eigenvalue weighted by atomic mass is 32.1. The van der Waals surface area contributed by atoms with E-state index in [0.29, 0.717) is 22.1 Å². The Hall–Kier alpha value is -3.07. The fourth-order valence-corrected chi connectivity index (χ4v) is 2.88. The SMILES string of the molecule is COc1ccc(NC(=O)C(C)OC(=O)CCNC(=O)c2cccs2)cc1OC. The van der Waals surface area contributed by atoms with Gasteiger partial charge in [0, 0.05) is 18.3 Å². The van der Waals surface area contributed by atoms with Gasteiger partial charge in [0.15, 0.2) is 17.6 Å². The van der Waals surface area contributed by atoms with E-state index in [1.807, 2.05) is 0 Å². The molecular formula is C19H22N2O6S. The van der Waals surface area contributed by atoms with Crippen LogP contribution in [0.5, 0.6) is 11.5 Å². The van der Waals surface area contributed by atoms with Crippen molar-refractivity contribution in [1.29, 1.82) is 0 Å². The van der Waals surface area contributed by atoms with Gasteiger partial charge in [-0.05, 0) is 30.5 Å². The minimum atomic E-state index is -0.992. The van der Waals surface area contributed by atoms with Crippen molar-refractivity contribution in [3.05, 3.63) is 40.6 Å². The Labute approximate surface area is 166 Å². The molecule has 2 rings (SSSR count). The molecule has 0 radical (unpaired) electrons. The molecule has 1 aromatic carbocycles. The van der Waals surface area contributed by atoms with E-state index in [1.165, 1.54) is 32.5 Å². The number of nitrogens with one attached hydrogen (secondary N) is 2. The number of anilines is 1. The number of thiophene rings is 1. The Morgan fingerprint density at radius 1 is 1.11 bits per heavy atom. The Bertz CT molecular complexity index is 822. The Kier molecular flexibility index (Phi) is 7.82. The fourth-order valence-electron chi connectivity index (χ4n) is 2.24. The summed E-state index contributed by atoms with van der Waals surface area (Å²) in [6, 6.07) is 8.37. The molecular weight excluding hydrogens is 384 g/mol. The van der Waals surface area contributed by atoms with Gasteiger partial charge >= 0.3 is 5.97 Å². The van der Waals surface area contributed by atoms with Crippen molar-refractivity contribution < 1.29 is 28.6 Å². The highest BCUT2D eigenvalue weighted by Gasteiger charge is 2.19. The third kappa shape index (κ3) is 5.98. The van der Waals surface area contributed by atoms with Crippen LogP contribution >= 0.6 is 11.3 Å². The predicted molar refractivity (Wildman–Crippen MR) is 105 cm³/mol. The summed E-state index contributed by atoms with van der Waals surface area (Å²) in [4.78, 5) is 36.4. The first kappa shape index (κ1) is 21.2. The van der Waals surface area contributed by atoms with Crippen molar-refractivity contribution in [2.75, 3.05) is 26.1 Å². The van der Waals surface area contributed by atoms with Crippen LogP contribution in [0.15, 0.2) is 35.7 Å². The van der Waals surface area contributed by atoms with Gasteiger partial charge in [0.1, 0.15) is 0 Å². The number of benzene rings is 1. The van der Waals surface area contributed by atoms with Crippen molar-refractivity contribution in [3.8, 4) is 11.5 Å². The maximum absolute atomic E-state index is 12.2. The molecule has 1 aromatic heterocycles. The predicted octanol–water partition coefficient (Wildman–Crippen LogP) is 2.46. The minimum Gasteiger partial charge on any atom is -0.493 e. The fraction of sp³-hybridized carbons (Fsp3) is 0.316. The number of hydrogen-bond acceptors (Lipinski definition) is 7. The van der Waals surface area contributed by atoms with Crippen molar-refractivity contribution in [2.45, 2.75) is 19.4 Å². The van der Waals surface area contributed by atoms with E-state index in [2.05, 4.69) is 10.6 Å².